The van der Waals surface area contributed by atoms with Gasteiger partial charge in [0.2, 0.25) is 0 Å². The highest BCUT2D eigenvalue weighted by Crippen LogP contribution is 2.18. The van der Waals surface area contributed by atoms with Crippen LogP contribution in [0, 0.1) is 0 Å². The maximum absolute atomic E-state index is 13.5. The number of nitrogens with zero attached hydrogens (tertiary/aromatic N) is 4. The molecule has 0 spiro atoms. The van der Waals surface area contributed by atoms with Crippen LogP contribution in [-0.4, -0.2) is 31.8 Å². The molecule has 0 amide bonds. The summed E-state index contributed by atoms with van der Waals surface area (Å²) in [6, 6.07) is 16.9. The fourth-order valence-electron chi connectivity index (χ4n) is 3.88. The van der Waals surface area contributed by atoms with E-state index in [4.69, 9.17) is 20.8 Å². The number of benzene rings is 2. The van der Waals surface area contributed by atoms with Crippen molar-refractivity contribution in [3.05, 3.63) is 116 Å². The Kier molecular flexibility index (Phi) is 5.84. The third-order valence-corrected chi connectivity index (χ3v) is 5.86. The van der Waals surface area contributed by atoms with Gasteiger partial charge in [0, 0.05) is 11.6 Å². The fourth-order valence-corrected chi connectivity index (χ4v) is 4.01. The highest BCUT2D eigenvalue weighted by Gasteiger charge is 2.20. The van der Waals surface area contributed by atoms with E-state index in [-0.39, 0.29) is 17.7 Å². The Hall–Kier alpha value is -4.37. The monoisotopic (exact) mass is 490 g/mol. The minimum Gasteiger partial charge on any atom is -0.467 e. The number of hydrogen-bond acceptors (Lipinski definition) is 6. The summed E-state index contributed by atoms with van der Waals surface area (Å²) in [6.45, 7) is 0.264. The largest absolute Gasteiger partial charge is 0.467 e. The molecule has 2 aromatic carbocycles. The van der Waals surface area contributed by atoms with Crippen LogP contribution in [0.4, 0.5) is 0 Å². The lowest BCUT2D eigenvalue weighted by Crippen LogP contribution is -2.40. The first-order chi connectivity index (χ1) is 17.0. The van der Waals surface area contributed by atoms with Gasteiger partial charge < -0.3 is 13.7 Å². The van der Waals surface area contributed by atoms with E-state index in [0.717, 1.165) is 10.1 Å². The van der Waals surface area contributed by atoms with Gasteiger partial charge in [-0.25, -0.2) is 19.1 Å². The Morgan fingerprint density at radius 2 is 1.77 bits per heavy atom. The van der Waals surface area contributed by atoms with Gasteiger partial charge in [0.15, 0.2) is 11.2 Å². The van der Waals surface area contributed by atoms with Crippen LogP contribution in [0.2, 0.25) is 5.02 Å². The van der Waals surface area contributed by atoms with E-state index < -0.39 is 17.2 Å². The molecule has 0 radical (unpaired) electrons. The normalized spacial score (nSPS) is 11.1. The zero-order valence-electron chi connectivity index (χ0n) is 18.6. The summed E-state index contributed by atoms with van der Waals surface area (Å²) < 4.78 is 14.3. The van der Waals surface area contributed by atoms with Crippen molar-refractivity contribution in [2.45, 2.75) is 13.1 Å². The Labute approximate surface area is 203 Å². The van der Waals surface area contributed by atoms with E-state index in [1.807, 2.05) is 0 Å². The number of esters is 1. The molecule has 0 unspecified atom stereocenters. The molecule has 9 nitrogen and oxygen atoms in total. The van der Waals surface area contributed by atoms with E-state index in [2.05, 4.69) is 4.98 Å². The zero-order chi connectivity index (χ0) is 24.5. The van der Waals surface area contributed by atoms with Gasteiger partial charge in [-0.2, -0.15) is 0 Å². The quantitative estimate of drug-likeness (QED) is 0.338. The summed E-state index contributed by atoms with van der Waals surface area (Å²) in [6.07, 6.45) is 3.00. The molecule has 3 heterocycles. The molecule has 176 valence electrons. The highest BCUT2D eigenvalue weighted by molar-refractivity contribution is 6.30. The van der Waals surface area contributed by atoms with Gasteiger partial charge in [-0.1, -0.05) is 23.7 Å². The van der Waals surface area contributed by atoms with Crippen LogP contribution in [0.15, 0.2) is 87.3 Å². The second kappa shape index (κ2) is 9.11. The molecule has 35 heavy (non-hydrogen) atoms. The Balaban J connectivity index is 1.67. The lowest BCUT2D eigenvalue weighted by molar-refractivity contribution is 0.0600. The lowest BCUT2D eigenvalue weighted by atomic mass is 10.1. The first kappa shape index (κ1) is 22.4. The van der Waals surface area contributed by atoms with Crippen LogP contribution in [0.1, 0.15) is 21.7 Å². The predicted octanol–water partition coefficient (Wildman–Crippen LogP) is 3.48. The predicted molar refractivity (Wildman–Crippen MR) is 129 cm³/mol. The number of halogens is 1. The summed E-state index contributed by atoms with van der Waals surface area (Å²) in [4.78, 5) is 43.1. The van der Waals surface area contributed by atoms with Crippen molar-refractivity contribution in [1.82, 2.24) is 18.7 Å². The topological polar surface area (TPSA) is 101 Å². The highest BCUT2D eigenvalue weighted by atomic mass is 35.5. The second-order valence-corrected chi connectivity index (χ2v) is 8.23. The van der Waals surface area contributed by atoms with Gasteiger partial charge in [-0.05, 0) is 54.1 Å². The fraction of sp³-hybridized carbons (Fsp3) is 0.120. The first-order valence-corrected chi connectivity index (χ1v) is 11.0. The number of furan rings is 1. The molecule has 0 saturated heterocycles. The van der Waals surface area contributed by atoms with Crippen molar-refractivity contribution in [3.8, 4) is 5.69 Å². The van der Waals surface area contributed by atoms with E-state index in [1.54, 1.807) is 65.2 Å². The molecule has 0 aliphatic carbocycles. The van der Waals surface area contributed by atoms with E-state index >= 15 is 0 Å². The molecule has 0 aliphatic heterocycles. The smallest absolute Gasteiger partial charge is 0.337 e. The van der Waals surface area contributed by atoms with Crippen molar-refractivity contribution in [3.63, 3.8) is 0 Å². The number of rotatable bonds is 6. The van der Waals surface area contributed by atoms with Crippen molar-refractivity contribution in [1.29, 1.82) is 0 Å². The summed E-state index contributed by atoms with van der Waals surface area (Å²) in [7, 11) is 1.32. The Bertz CT molecular complexity index is 1630. The average Bonchev–Trinajstić information content (AvgIpc) is 3.53. The molecular formula is C25H19ClN4O5. The third kappa shape index (κ3) is 4.17. The number of methoxy groups -OCH3 is 1. The first-order valence-electron chi connectivity index (χ1n) is 10.6. The van der Waals surface area contributed by atoms with Crippen LogP contribution in [-0.2, 0) is 17.8 Å². The average molecular weight is 491 g/mol. The Morgan fingerprint density at radius 1 is 1.03 bits per heavy atom. The molecular weight excluding hydrogens is 472 g/mol. The van der Waals surface area contributed by atoms with Crippen molar-refractivity contribution >= 4 is 28.7 Å². The van der Waals surface area contributed by atoms with Crippen LogP contribution >= 0.6 is 11.6 Å². The third-order valence-electron chi connectivity index (χ3n) is 5.61. The molecule has 3 aromatic heterocycles. The van der Waals surface area contributed by atoms with E-state index in [1.165, 1.54) is 24.3 Å². The summed E-state index contributed by atoms with van der Waals surface area (Å²) in [5, 5.41) is 0.517. The summed E-state index contributed by atoms with van der Waals surface area (Å²) in [5.74, 6) is 0.0353. The molecule has 5 rings (SSSR count). The number of hydrogen-bond donors (Lipinski definition) is 0. The van der Waals surface area contributed by atoms with Gasteiger partial charge in [-0.15, -0.1) is 0 Å². The van der Waals surface area contributed by atoms with E-state index in [0.29, 0.717) is 28.6 Å². The summed E-state index contributed by atoms with van der Waals surface area (Å²) >= 11 is 6.04. The van der Waals surface area contributed by atoms with Crippen molar-refractivity contribution < 1.29 is 13.9 Å². The minimum absolute atomic E-state index is 0.0345. The molecule has 0 N–H and O–H groups in total. The molecule has 0 atom stereocenters. The van der Waals surface area contributed by atoms with Crippen LogP contribution in [0.5, 0.6) is 0 Å². The molecule has 10 heteroatoms. The number of aromatic nitrogens is 4. The number of imidazole rings is 1. The van der Waals surface area contributed by atoms with Gasteiger partial charge in [0.05, 0.1) is 37.5 Å². The zero-order valence-corrected chi connectivity index (χ0v) is 19.3. The van der Waals surface area contributed by atoms with Crippen LogP contribution in [0.25, 0.3) is 16.9 Å². The van der Waals surface area contributed by atoms with Crippen LogP contribution in [0.3, 0.4) is 0 Å². The Morgan fingerprint density at radius 3 is 2.43 bits per heavy atom. The maximum atomic E-state index is 13.5. The van der Waals surface area contributed by atoms with Crippen molar-refractivity contribution in [2.24, 2.45) is 0 Å². The van der Waals surface area contributed by atoms with Crippen molar-refractivity contribution in [2.75, 3.05) is 7.11 Å². The van der Waals surface area contributed by atoms with Gasteiger partial charge in [0.25, 0.3) is 5.56 Å². The van der Waals surface area contributed by atoms with Gasteiger partial charge >= 0.3 is 11.7 Å². The van der Waals surface area contributed by atoms with Crippen LogP contribution < -0.4 is 11.2 Å². The van der Waals surface area contributed by atoms with E-state index in [9.17, 15) is 14.4 Å². The number of carbonyl (C=O) groups excluding carboxylic acids is 1. The maximum Gasteiger partial charge on any atom is 0.337 e. The molecule has 0 bridgehead atoms. The number of fused-ring (bicyclic) bond motifs is 1. The number of ether oxygens (including phenoxy) is 1. The second-order valence-electron chi connectivity index (χ2n) is 7.80. The molecule has 0 aliphatic rings. The molecule has 5 aromatic rings. The number of carbonyl (C=O) groups is 1. The van der Waals surface area contributed by atoms with Gasteiger partial charge in [-0.3, -0.25) is 9.36 Å². The SMILES string of the molecule is COC(=O)c1ccc(Cn2cnc3c2c(=O)n(Cc2ccco2)c(=O)n3-c2ccc(Cl)cc2)cc1. The molecule has 0 fully saturated rings. The lowest BCUT2D eigenvalue weighted by Gasteiger charge is -2.12. The summed E-state index contributed by atoms with van der Waals surface area (Å²) in [5.41, 5.74) is 1.21. The molecule has 0 saturated carbocycles. The standard InChI is InChI=1S/C25H19ClN4O5/c1-34-24(32)17-6-4-16(5-7-17)13-28-15-27-22-21(28)23(31)29(14-20-3-2-12-35-20)25(33)30(22)19-10-8-18(26)9-11-19/h2-12,15H,13-14H2,1H3. The van der Waals surface area contributed by atoms with Gasteiger partial charge in [0.1, 0.15) is 5.76 Å². The minimum atomic E-state index is -0.547.